The fourth-order valence-corrected chi connectivity index (χ4v) is 4.49. The van der Waals surface area contributed by atoms with Crippen molar-refractivity contribution in [1.29, 1.82) is 0 Å². The lowest BCUT2D eigenvalue weighted by molar-refractivity contribution is 0.0607. The SMILES string of the molecule is Cl.O=C(c1cccc(OC2CCCC2)c1)N1CCC2(CCNC2)CC1. The van der Waals surface area contributed by atoms with Crippen LogP contribution in [0, 0.1) is 5.41 Å². The quantitative estimate of drug-likeness (QED) is 0.890. The molecule has 4 rings (SSSR count). The first-order valence-corrected chi connectivity index (χ1v) is 9.51. The highest BCUT2D eigenvalue weighted by atomic mass is 35.5. The summed E-state index contributed by atoms with van der Waals surface area (Å²) in [6, 6.07) is 7.78. The highest BCUT2D eigenvalue weighted by Crippen LogP contribution is 2.37. The molecule has 25 heavy (non-hydrogen) atoms. The van der Waals surface area contributed by atoms with Crippen molar-refractivity contribution in [2.45, 2.75) is 51.0 Å². The average molecular weight is 365 g/mol. The lowest BCUT2D eigenvalue weighted by Crippen LogP contribution is -2.44. The van der Waals surface area contributed by atoms with E-state index in [0.717, 1.165) is 63.2 Å². The Kier molecular flexibility index (Phi) is 5.90. The first kappa shape index (κ1) is 18.5. The molecule has 1 spiro atoms. The minimum absolute atomic E-state index is 0. The van der Waals surface area contributed by atoms with Gasteiger partial charge in [0.25, 0.3) is 5.91 Å². The van der Waals surface area contributed by atoms with Gasteiger partial charge in [0.15, 0.2) is 0 Å². The van der Waals surface area contributed by atoms with Gasteiger partial charge in [-0.15, -0.1) is 12.4 Å². The molecule has 4 nitrogen and oxygen atoms in total. The highest BCUT2D eigenvalue weighted by Gasteiger charge is 2.38. The zero-order valence-electron chi connectivity index (χ0n) is 14.8. The number of halogens is 1. The Morgan fingerprint density at radius 2 is 1.92 bits per heavy atom. The number of rotatable bonds is 3. The molecule has 0 atom stereocenters. The molecule has 0 unspecified atom stereocenters. The Balaban J connectivity index is 0.00000182. The van der Waals surface area contributed by atoms with Crippen LogP contribution >= 0.6 is 12.4 Å². The Morgan fingerprint density at radius 1 is 1.16 bits per heavy atom. The number of nitrogens with one attached hydrogen (secondary N) is 1. The first-order chi connectivity index (χ1) is 11.7. The van der Waals surface area contributed by atoms with Crippen molar-refractivity contribution in [2.24, 2.45) is 5.41 Å². The lowest BCUT2D eigenvalue weighted by atomic mass is 9.78. The molecule has 2 heterocycles. The van der Waals surface area contributed by atoms with Crippen molar-refractivity contribution in [1.82, 2.24) is 10.2 Å². The highest BCUT2D eigenvalue weighted by molar-refractivity contribution is 5.94. The van der Waals surface area contributed by atoms with E-state index in [1.807, 2.05) is 29.2 Å². The molecular formula is C20H29ClN2O2. The summed E-state index contributed by atoms with van der Waals surface area (Å²) in [5.74, 6) is 1.01. The van der Waals surface area contributed by atoms with Gasteiger partial charge in [-0.1, -0.05) is 6.07 Å². The Hall–Kier alpha value is -1.26. The van der Waals surface area contributed by atoms with E-state index in [1.54, 1.807) is 0 Å². The zero-order chi connectivity index (χ0) is 16.4. The molecule has 1 N–H and O–H groups in total. The molecule has 1 amide bonds. The fraction of sp³-hybridized carbons (Fsp3) is 0.650. The number of piperidine rings is 1. The maximum absolute atomic E-state index is 12.8. The minimum atomic E-state index is 0. The molecule has 1 saturated carbocycles. The van der Waals surface area contributed by atoms with Gasteiger partial charge >= 0.3 is 0 Å². The van der Waals surface area contributed by atoms with Gasteiger partial charge in [-0.2, -0.15) is 0 Å². The van der Waals surface area contributed by atoms with E-state index >= 15 is 0 Å². The molecule has 0 aromatic heterocycles. The van der Waals surface area contributed by atoms with E-state index in [9.17, 15) is 4.79 Å². The van der Waals surface area contributed by atoms with Gasteiger partial charge in [0.2, 0.25) is 0 Å². The van der Waals surface area contributed by atoms with Gasteiger partial charge in [0.05, 0.1) is 6.10 Å². The molecule has 0 radical (unpaired) electrons. The molecule has 2 aliphatic heterocycles. The second-order valence-corrected chi connectivity index (χ2v) is 7.77. The van der Waals surface area contributed by atoms with Gasteiger partial charge in [-0.25, -0.2) is 0 Å². The molecule has 0 bridgehead atoms. The third kappa shape index (κ3) is 4.12. The van der Waals surface area contributed by atoms with E-state index in [-0.39, 0.29) is 18.3 Å². The molecule has 3 aliphatic rings. The van der Waals surface area contributed by atoms with Gasteiger partial charge in [-0.3, -0.25) is 4.79 Å². The van der Waals surface area contributed by atoms with Crippen LogP contribution in [0.3, 0.4) is 0 Å². The maximum Gasteiger partial charge on any atom is 0.253 e. The molecule has 5 heteroatoms. The van der Waals surface area contributed by atoms with Crippen molar-refractivity contribution in [3.05, 3.63) is 29.8 Å². The number of ether oxygens (including phenoxy) is 1. The van der Waals surface area contributed by atoms with Crippen molar-refractivity contribution >= 4 is 18.3 Å². The van der Waals surface area contributed by atoms with E-state index < -0.39 is 0 Å². The van der Waals surface area contributed by atoms with Crippen molar-refractivity contribution in [2.75, 3.05) is 26.2 Å². The second-order valence-electron chi connectivity index (χ2n) is 7.77. The van der Waals surface area contributed by atoms with Gasteiger partial charge in [0.1, 0.15) is 5.75 Å². The number of carbonyl (C=O) groups excluding carboxylic acids is 1. The topological polar surface area (TPSA) is 41.6 Å². The standard InChI is InChI=1S/C20H28N2O2.ClH/c23-19(22-12-9-20(10-13-22)8-11-21-15-20)16-4-3-7-18(14-16)24-17-5-1-2-6-17;/h3-4,7,14,17,21H,1-2,5-6,8-13,15H2;1H. The number of carbonyl (C=O) groups is 1. The van der Waals surface area contributed by atoms with Crippen LogP contribution in [0.25, 0.3) is 0 Å². The summed E-state index contributed by atoms with van der Waals surface area (Å²) in [5.41, 5.74) is 1.22. The van der Waals surface area contributed by atoms with Crippen LogP contribution < -0.4 is 10.1 Å². The Labute approximate surface area is 156 Å². The number of nitrogens with zero attached hydrogens (tertiary/aromatic N) is 1. The van der Waals surface area contributed by atoms with Crippen molar-refractivity contribution in [3.8, 4) is 5.75 Å². The summed E-state index contributed by atoms with van der Waals surface area (Å²) in [5, 5.41) is 3.48. The van der Waals surface area contributed by atoms with Gasteiger partial charge in [-0.05, 0) is 75.1 Å². The van der Waals surface area contributed by atoms with Crippen LogP contribution in [-0.2, 0) is 0 Å². The molecule has 138 valence electrons. The molecule has 1 aromatic carbocycles. The predicted molar refractivity (Wildman–Crippen MR) is 102 cm³/mol. The number of benzene rings is 1. The zero-order valence-corrected chi connectivity index (χ0v) is 15.7. The van der Waals surface area contributed by atoms with Gasteiger partial charge in [0, 0.05) is 25.2 Å². The van der Waals surface area contributed by atoms with Crippen LogP contribution in [0.2, 0.25) is 0 Å². The second kappa shape index (κ2) is 7.96. The molecule has 3 fully saturated rings. The van der Waals surface area contributed by atoms with E-state index in [0.29, 0.717) is 11.5 Å². The van der Waals surface area contributed by atoms with Crippen LogP contribution in [-0.4, -0.2) is 43.1 Å². The van der Waals surface area contributed by atoms with E-state index in [4.69, 9.17) is 4.74 Å². The normalized spacial score (nSPS) is 22.8. The van der Waals surface area contributed by atoms with E-state index in [2.05, 4.69) is 5.32 Å². The third-order valence-electron chi connectivity index (χ3n) is 6.13. The van der Waals surface area contributed by atoms with Crippen molar-refractivity contribution < 1.29 is 9.53 Å². The van der Waals surface area contributed by atoms with Gasteiger partial charge < -0.3 is 15.0 Å². The summed E-state index contributed by atoms with van der Waals surface area (Å²) in [4.78, 5) is 14.9. The summed E-state index contributed by atoms with van der Waals surface area (Å²) in [6.07, 6.45) is 8.65. The summed E-state index contributed by atoms with van der Waals surface area (Å²) in [7, 11) is 0. The van der Waals surface area contributed by atoms with Crippen LogP contribution in [0.15, 0.2) is 24.3 Å². The Bertz CT molecular complexity index is 585. The molecule has 1 aromatic rings. The molecule has 1 aliphatic carbocycles. The monoisotopic (exact) mass is 364 g/mol. The average Bonchev–Trinajstić information content (AvgIpc) is 3.28. The third-order valence-corrected chi connectivity index (χ3v) is 6.13. The lowest BCUT2D eigenvalue weighted by Gasteiger charge is -2.39. The first-order valence-electron chi connectivity index (χ1n) is 9.51. The molecule has 2 saturated heterocycles. The van der Waals surface area contributed by atoms with Crippen LogP contribution in [0.5, 0.6) is 5.75 Å². The number of likely N-dealkylation sites (tertiary alicyclic amines) is 1. The number of amides is 1. The minimum Gasteiger partial charge on any atom is -0.490 e. The predicted octanol–water partition coefficient (Wildman–Crippen LogP) is 3.65. The van der Waals surface area contributed by atoms with Crippen LogP contribution in [0.4, 0.5) is 0 Å². The number of hydrogen-bond acceptors (Lipinski definition) is 3. The summed E-state index contributed by atoms with van der Waals surface area (Å²) < 4.78 is 6.05. The van der Waals surface area contributed by atoms with E-state index in [1.165, 1.54) is 19.3 Å². The summed E-state index contributed by atoms with van der Waals surface area (Å²) in [6.45, 7) is 4.02. The van der Waals surface area contributed by atoms with Crippen LogP contribution in [0.1, 0.15) is 55.3 Å². The van der Waals surface area contributed by atoms with Crippen molar-refractivity contribution in [3.63, 3.8) is 0 Å². The smallest absolute Gasteiger partial charge is 0.253 e. The number of hydrogen-bond donors (Lipinski definition) is 1. The fourth-order valence-electron chi connectivity index (χ4n) is 4.49. The summed E-state index contributed by atoms with van der Waals surface area (Å²) >= 11 is 0. The maximum atomic E-state index is 12.8. The Morgan fingerprint density at radius 3 is 2.60 bits per heavy atom. The molecular weight excluding hydrogens is 336 g/mol. The largest absolute Gasteiger partial charge is 0.490 e.